The standard InChI is InChI=1S/C22H20N2O/c1-17-8-10-19(11-9-17)16-22(25)24-21-7-4-5-18(15-21)12-13-20-6-2-3-14-23-20/h2-15H,16H2,1H3,(H,24,25)/b13-12+. The molecule has 1 N–H and O–H groups in total. The van der Waals surface area contributed by atoms with Gasteiger partial charge in [-0.2, -0.15) is 0 Å². The summed E-state index contributed by atoms with van der Waals surface area (Å²) in [5, 5.41) is 2.96. The van der Waals surface area contributed by atoms with Crippen molar-refractivity contribution in [3.05, 3.63) is 95.3 Å². The summed E-state index contributed by atoms with van der Waals surface area (Å²) in [5.74, 6) is -0.0188. The van der Waals surface area contributed by atoms with Crippen LogP contribution in [0.15, 0.2) is 72.9 Å². The van der Waals surface area contributed by atoms with Gasteiger partial charge in [-0.05, 0) is 48.4 Å². The molecule has 1 aromatic heterocycles. The number of aromatic nitrogens is 1. The zero-order valence-corrected chi connectivity index (χ0v) is 14.1. The van der Waals surface area contributed by atoms with Crippen molar-refractivity contribution in [2.24, 2.45) is 0 Å². The van der Waals surface area contributed by atoms with E-state index in [1.807, 2.05) is 85.8 Å². The SMILES string of the molecule is Cc1ccc(CC(=O)Nc2cccc(/C=C/c3ccccn3)c2)cc1. The summed E-state index contributed by atoms with van der Waals surface area (Å²) >= 11 is 0. The summed E-state index contributed by atoms with van der Waals surface area (Å²) < 4.78 is 0. The van der Waals surface area contributed by atoms with Gasteiger partial charge in [0, 0.05) is 11.9 Å². The van der Waals surface area contributed by atoms with Crippen molar-refractivity contribution in [1.29, 1.82) is 0 Å². The molecule has 0 aliphatic heterocycles. The van der Waals surface area contributed by atoms with Crippen molar-refractivity contribution >= 4 is 23.7 Å². The molecule has 0 unspecified atom stereocenters. The molecule has 25 heavy (non-hydrogen) atoms. The Kier molecular flexibility index (Phi) is 5.37. The van der Waals surface area contributed by atoms with Crippen molar-refractivity contribution in [2.45, 2.75) is 13.3 Å². The van der Waals surface area contributed by atoms with Gasteiger partial charge in [0.05, 0.1) is 12.1 Å². The summed E-state index contributed by atoms with van der Waals surface area (Å²) in [6.07, 6.45) is 6.07. The molecule has 1 amide bonds. The Bertz CT molecular complexity index is 868. The van der Waals surface area contributed by atoms with Gasteiger partial charge in [-0.25, -0.2) is 0 Å². The number of hydrogen-bond donors (Lipinski definition) is 1. The molecular weight excluding hydrogens is 308 g/mol. The van der Waals surface area contributed by atoms with Gasteiger partial charge in [-0.15, -0.1) is 0 Å². The maximum absolute atomic E-state index is 12.2. The molecule has 0 fully saturated rings. The molecule has 0 aliphatic rings. The average molecular weight is 328 g/mol. The van der Waals surface area contributed by atoms with Gasteiger partial charge in [-0.3, -0.25) is 9.78 Å². The number of aryl methyl sites for hydroxylation is 1. The molecule has 3 nitrogen and oxygen atoms in total. The van der Waals surface area contributed by atoms with Crippen molar-refractivity contribution in [1.82, 2.24) is 4.98 Å². The van der Waals surface area contributed by atoms with E-state index in [4.69, 9.17) is 0 Å². The molecule has 2 aromatic carbocycles. The van der Waals surface area contributed by atoms with E-state index in [0.29, 0.717) is 6.42 Å². The fourth-order valence-corrected chi connectivity index (χ4v) is 2.47. The number of hydrogen-bond acceptors (Lipinski definition) is 2. The summed E-state index contributed by atoms with van der Waals surface area (Å²) in [6.45, 7) is 2.04. The van der Waals surface area contributed by atoms with E-state index in [0.717, 1.165) is 22.5 Å². The molecule has 0 saturated carbocycles. The molecule has 0 saturated heterocycles. The Labute approximate surface area is 148 Å². The summed E-state index contributed by atoms with van der Waals surface area (Å²) in [7, 11) is 0. The van der Waals surface area contributed by atoms with Crippen LogP contribution in [0.1, 0.15) is 22.4 Å². The number of anilines is 1. The largest absolute Gasteiger partial charge is 0.326 e. The Morgan fingerprint density at radius 1 is 1.00 bits per heavy atom. The van der Waals surface area contributed by atoms with Gasteiger partial charge in [0.1, 0.15) is 0 Å². The van der Waals surface area contributed by atoms with Crippen molar-refractivity contribution in [3.8, 4) is 0 Å². The van der Waals surface area contributed by atoms with Gasteiger partial charge in [0.15, 0.2) is 0 Å². The number of carbonyl (C=O) groups is 1. The van der Waals surface area contributed by atoms with Gasteiger partial charge >= 0.3 is 0 Å². The Balaban J connectivity index is 1.64. The lowest BCUT2D eigenvalue weighted by Gasteiger charge is -2.06. The number of carbonyl (C=O) groups excluding carboxylic acids is 1. The van der Waals surface area contributed by atoms with Crippen LogP contribution in [-0.4, -0.2) is 10.9 Å². The smallest absolute Gasteiger partial charge is 0.228 e. The first-order valence-corrected chi connectivity index (χ1v) is 8.24. The van der Waals surface area contributed by atoms with E-state index in [9.17, 15) is 4.79 Å². The second-order valence-corrected chi connectivity index (χ2v) is 5.92. The van der Waals surface area contributed by atoms with Gasteiger partial charge in [-0.1, -0.05) is 54.1 Å². The summed E-state index contributed by atoms with van der Waals surface area (Å²) in [5.41, 5.74) is 4.90. The highest BCUT2D eigenvalue weighted by molar-refractivity contribution is 5.92. The number of nitrogens with zero attached hydrogens (tertiary/aromatic N) is 1. The predicted octanol–water partition coefficient (Wildman–Crippen LogP) is 4.74. The first kappa shape index (κ1) is 16.7. The van der Waals surface area contributed by atoms with Gasteiger partial charge in [0.2, 0.25) is 5.91 Å². The van der Waals surface area contributed by atoms with E-state index < -0.39 is 0 Å². The van der Waals surface area contributed by atoms with Crippen LogP contribution in [0.2, 0.25) is 0 Å². The average Bonchev–Trinajstić information content (AvgIpc) is 2.63. The van der Waals surface area contributed by atoms with E-state index in [-0.39, 0.29) is 5.91 Å². The molecule has 124 valence electrons. The molecule has 0 bridgehead atoms. The van der Waals surface area contributed by atoms with Crippen LogP contribution in [0.5, 0.6) is 0 Å². The molecule has 3 aromatic rings. The second kappa shape index (κ2) is 8.06. The zero-order chi connectivity index (χ0) is 17.5. The fourth-order valence-electron chi connectivity index (χ4n) is 2.47. The monoisotopic (exact) mass is 328 g/mol. The summed E-state index contributed by atoms with van der Waals surface area (Å²) in [6, 6.07) is 21.6. The van der Waals surface area contributed by atoms with Crippen LogP contribution in [0.25, 0.3) is 12.2 Å². The van der Waals surface area contributed by atoms with Crippen LogP contribution in [0, 0.1) is 6.92 Å². The maximum Gasteiger partial charge on any atom is 0.228 e. The van der Waals surface area contributed by atoms with Crippen LogP contribution in [0.3, 0.4) is 0 Å². The van der Waals surface area contributed by atoms with Crippen molar-refractivity contribution in [3.63, 3.8) is 0 Å². The lowest BCUT2D eigenvalue weighted by atomic mass is 10.1. The first-order chi connectivity index (χ1) is 12.2. The fraction of sp³-hybridized carbons (Fsp3) is 0.0909. The summed E-state index contributed by atoms with van der Waals surface area (Å²) in [4.78, 5) is 16.5. The third-order valence-corrected chi connectivity index (χ3v) is 3.79. The molecule has 0 spiro atoms. The molecule has 0 radical (unpaired) electrons. The second-order valence-electron chi connectivity index (χ2n) is 5.92. The maximum atomic E-state index is 12.2. The molecule has 3 heteroatoms. The third-order valence-electron chi connectivity index (χ3n) is 3.79. The Morgan fingerprint density at radius 3 is 2.60 bits per heavy atom. The quantitative estimate of drug-likeness (QED) is 0.735. The molecule has 0 aliphatic carbocycles. The normalized spacial score (nSPS) is 10.8. The number of rotatable bonds is 5. The van der Waals surface area contributed by atoms with Crippen LogP contribution < -0.4 is 5.32 Å². The van der Waals surface area contributed by atoms with Crippen LogP contribution in [-0.2, 0) is 11.2 Å². The third kappa shape index (κ3) is 5.15. The number of amides is 1. The van der Waals surface area contributed by atoms with Crippen LogP contribution in [0.4, 0.5) is 5.69 Å². The minimum Gasteiger partial charge on any atom is -0.326 e. The van der Waals surface area contributed by atoms with Gasteiger partial charge < -0.3 is 5.32 Å². The molecule has 3 rings (SSSR count). The van der Waals surface area contributed by atoms with E-state index in [1.54, 1.807) is 6.20 Å². The lowest BCUT2D eigenvalue weighted by molar-refractivity contribution is -0.115. The minimum absolute atomic E-state index is 0.0188. The number of nitrogens with one attached hydrogen (secondary N) is 1. The molecular formula is C22H20N2O. The molecule has 1 heterocycles. The van der Waals surface area contributed by atoms with Gasteiger partial charge in [0.25, 0.3) is 0 Å². The Morgan fingerprint density at radius 2 is 1.84 bits per heavy atom. The first-order valence-electron chi connectivity index (χ1n) is 8.24. The number of pyridine rings is 1. The minimum atomic E-state index is -0.0188. The predicted molar refractivity (Wildman–Crippen MR) is 103 cm³/mol. The Hall–Kier alpha value is -3.20. The van der Waals surface area contributed by atoms with Crippen molar-refractivity contribution in [2.75, 3.05) is 5.32 Å². The van der Waals surface area contributed by atoms with E-state index in [1.165, 1.54) is 5.56 Å². The number of benzene rings is 2. The topological polar surface area (TPSA) is 42.0 Å². The lowest BCUT2D eigenvalue weighted by Crippen LogP contribution is -2.14. The highest BCUT2D eigenvalue weighted by Gasteiger charge is 2.04. The van der Waals surface area contributed by atoms with Crippen LogP contribution >= 0.6 is 0 Å². The zero-order valence-electron chi connectivity index (χ0n) is 14.1. The van der Waals surface area contributed by atoms with E-state index in [2.05, 4.69) is 10.3 Å². The highest BCUT2D eigenvalue weighted by atomic mass is 16.1. The highest BCUT2D eigenvalue weighted by Crippen LogP contribution is 2.14. The molecule has 0 atom stereocenters. The van der Waals surface area contributed by atoms with E-state index >= 15 is 0 Å². The van der Waals surface area contributed by atoms with Crippen molar-refractivity contribution < 1.29 is 4.79 Å².